The number of benzene rings is 1. The Balaban J connectivity index is 2.23. The first kappa shape index (κ1) is 11.7. The summed E-state index contributed by atoms with van der Waals surface area (Å²) in [5.74, 6) is 0.559. The van der Waals surface area contributed by atoms with E-state index >= 15 is 0 Å². The highest BCUT2D eigenvalue weighted by Crippen LogP contribution is 2.35. The lowest BCUT2D eigenvalue weighted by Gasteiger charge is -2.10. The van der Waals surface area contributed by atoms with Crippen molar-refractivity contribution in [3.8, 4) is 11.1 Å². The Morgan fingerprint density at radius 1 is 1.00 bits per heavy atom. The second-order valence-electron chi connectivity index (χ2n) is 4.79. The number of H-pyrrole nitrogens is 1. The molecule has 0 aliphatic heterocycles. The topological polar surface area (TPSA) is 106 Å². The third-order valence-electron chi connectivity index (χ3n) is 3.54. The molecule has 102 valence electrons. The van der Waals surface area contributed by atoms with Crippen LogP contribution in [0.5, 0.6) is 0 Å². The van der Waals surface area contributed by atoms with Crippen molar-refractivity contribution in [3.63, 3.8) is 0 Å². The van der Waals surface area contributed by atoms with Gasteiger partial charge in [0.2, 0.25) is 5.95 Å². The molecule has 4 aromatic rings. The van der Waals surface area contributed by atoms with Gasteiger partial charge in [0.1, 0.15) is 5.82 Å². The summed E-state index contributed by atoms with van der Waals surface area (Å²) >= 11 is 0. The van der Waals surface area contributed by atoms with E-state index in [1.54, 1.807) is 12.4 Å². The Labute approximate surface area is 119 Å². The van der Waals surface area contributed by atoms with E-state index in [0.717, 1.165) is 32.9 Å². The molecule has 4 rings (SSSR count). The van der Waals surface area contributed by atoms with Gasteiger partial charge >= 0.3 is 0 Å². The first-order valence-corrected chi connectivity index (χ1v) is 6.47. The average Bonchev–Trinajstić information content (AvgIpc) is 2.94. The third-order valence-corrected chi connectivity index (χ3v) is 3.54. The van der Waals surface area contributed by atoms with E-state index in [2.05, 4.69) is 19.9 Å². The van der Waals surface area contributed by atoms with Crippen LogP contribution < -0.4 is 11.5 Å². The van der Waals surface area contributed by atoms with Crippen molar-refractivity contribution in [3.05, 3.63) is 42.9 Å². The second-order valence-corrected chi connectivity index (χ2v) is 4.79. The Hall–Kier alpha value is -3.15. The van der Waals surface area contributed by atoms with Crippen LogP contribution in [0.3, 0.4) is 0 Å². The van der Waals surface area contributed by atoms with Crippen LogP contribution in [0.4, 0.5) is 11.8 Å². The average molecular weight is 276 g/mol. The van der Waals surface area contributed by atoms with E-state index in [9.17, 15) is 0 Å². The highest BCUT2D eigenvalue weighted by molar-refractivity contribution is 6.15. The van der Waals surface area contributed by atoms with Crippen molar-refractivity contribution < 1.29 is 0 Å². The zero-order valence-electron chi connectivity index (χ0n) is 11.0. The Morgan fingerprint density at radius 3 is 2.62 bits per heavy atom. The van der Waals surface area contributed by atoms with E-state index in [1.165, 1.54) is 0 Å². The number of hydrogen-bond donors (Lipinski definition) is 3. The normalized spacial score (nSPS) is 11.2. The third kappa shape index (κ3) is 1.69. The standard InChI is InChI=1S/C15H12N6/c16-14-12-9-3-6-19-11(9)7-10(8-1-4-18-5-2-8)13(12)20-15(17)21-14/h1-7,19H,(H4,16,17,20,21). The molecular formula is C15H12N6. The highest BCUT2D eigenvalue weighted by Gasteiger charge is 2.14. The predicted molar refractivity (Wildman–Crippen MR) is 83.5 cm³/mol. The number of nitrogens with one attached hydrogen (secondary N) is 1. The largest absolute Gasteiger partial charge is 0.383 e. The SMILES string of the molecule is Nc1nc(N)c2c(n1)c(-c1ccncc1)cc1[nH]ccc12. The molecule has 0 bridgehead atoms. The van der Waals surface area contributed by atoms with Gasteiger partial charge < -0.3 is 16.5 Å². The van der Waals surface area contributed by atoms with Crippen LogP contribution in [0.25, 0.3) is 32.9 Å². The van der Waals surface area contributed by atoms with E-state index in [0.29, 0.717) is 5.82 Å². The molecule has 6 nitrogen and oxygen atoms in total. The first-order chi connectivity index (χ1) is 10.2. The zero-order valence-corrected chi connectivity index (χ0v) is 11.0. The number of nitrogen functional groups attached to an aromatic ring is 2. The minimum atomic E-state index is 0.171. The van der Waals surface area contributed by atoms with Gasteiger partial charge in [0.15, 0.2) is 0 Å². The lowest BCUT2D eigenvalue weighted by atomic mass is 10.0. The molecule has 0 amide bonds. The first-order valence-electron chi connectivity index (χ1n) is 6.47. The number of nitrogens with two attached hydrogens (primary N) is 2. The maximum absolute atomic E-state index is 6.07. The van der Waals surface area contributed by atoms with E-state index in [-0.39, 0.29) is 5.95 Å². The van der Waals surface area contributed by atoms with Gasteiger partial charge in [0.25, 0.3) is 0 Å². The number of anilines is 2. The summed E-state index contributed by atoms with van der Waals surface area (Å²) in [6, 6.07) is 7.86. The van der Waals surface area contributed by atoms with Gasteiger partial charge in [0.05, 0.1) is 10.9 Å². The van der Waals surface area contributed by atoms with Crippen LogP contribution >= 0.6 is 0 Å². The summed E-state index contributed by atoms with van der Waals surface area (Å²) in [7, 11) is 0. The van der Waals surface area contributed by atoms with Gasteiger partial charge in [0, 0.05) is 35.1 Å². The number of hydrogen-bond acceptors (Lipinski definition) is 5. The van der Waals surface area contributed by atoms with Crippen LogP contribution in [0.2, 0.25) is 0 Å². The molecule has 0 fully saturated rings. The van der Waals surface area contributed by atoms with Crippen LogP contribution in [-0.2, 0) is 0 Å². The van der Waals surface area contributed by atoms with Crippen LogP contribution in [0.15, 0.2) is 42.9 Å². The minimum absolute atomic E-state index is 0.171. The maximum Gasteiger partial charge on any atom is 0.222 e. The summed E-state index contributed by atoms with van der Waals surface area (Å²) in [5.41, 5.74) is 15.5. The molecule has 0 aliphatic carbocycles. The Kier molecular flexibility index (Phi) is 2.32. The fourth-order valence-electron chi connectivity index (χ4n) is 2.64. The van der Waals surface area contributed by atoms with E-state index in [4.69, 9.17) is 11.5 Å². The van der Waals surface area contributed by atoms with Gasteiger partial charge in [-0.1, -0.05) is 0 Å². The van der Waals surface area contributed by atoms with E-state index in [1.807, 2.05) is 30.5 Å². The summed E-state index contributed by atoms with van der Waals surface area (Å²) in [6.45, 7) is 0. The number of aromatic nitrogens is 4. The number of aromatic amines is 1. The van der Waals surface area contributed by atoms with Gasteiger partial charge in [-0.05, 0) is 29.8 Å². The molecule has 0 atom stereocenters. The fourth-order valence-corrected chi connectivity index (χ4v) is 2.64. The molecule has 5 N–H and O–H groups in total. The van der Waals surface area contributed by atoms with Crippen LogP contribution in [0.1, 0.15) is 0 Å². The van der Waals surface area contributed by atoms with Crippen LogP contribution in [-0.4, -0.2) is 19.9 Å². The van der Waals surface area contributed by atoms with Gasteiger partial charge in [-0.2, -0.15) is 4.98 Å². The van der Waals surface area contributed by atoms with Crippen molar-refractivity contribution >= 4 is 33.6 Å². The summed E-state index contributed by atoms with van der Waals surface area (Å²) in [5, 5.41) is 1.80. The lowest BCUT2D eigenvalue weighted by molar-refractivity contribution is 1.25. The highest BCUT2D eigenvalue weighted by atomic mass is 15.0. The molecule has 6 heteroatoms. The molecule has 21 heavy (non-hydrogen) atoms. The number of nitrogens with zero attached hydrogens (tertiary/aromatic N) is 3. The minimum Gasteiger partial charge on any atom is -0.383 e. The molecule has 1 aromatic carbocycles. The summed E-state index contributed by atoms with van der Waals surface area (Å²) < 4.78 is 0. The molecule has 0 spiro atoms. The number of pyridine rings is 1. The van der Waals surface area contributed by atoms with Crippen molar-refractivity contribution in [2.45, 2.75) is 0 Å². The summed E-state index contributed by atoms with van der Waals surface area (Å²) in [6.07, 6.45) is 5.36. The molecule has 3 aromatic heterocycles. The van der Waals surface area contributed by atoms with Gasteiger partial charge in [-0.25, -0.2) is 4.98 Å². The zero-order chi connectivity index (χ0) is 14.4. The number of rotatable bonds is 1. The Bertz CT molecular complexity index is 958. The maximum atomic E-state index is 6.07. The molecule has 0 saturated carbocycles. The molecule has 0 radical (unpaired) electrons. The number of fused-ring (bicyclic) bond motifs is 3. The van der Waals surface area contributed by atoms with Crippen molar-refractivity contribution in [2.75, 3.05) is 11.5 Å². The second kappa shape index (κ2) is 4.17. The van der Waals surface area contributed by atoms with Crippen molar-refractivity contribution in [1.29, 1.82) is 0 Å². The van der Waals surface area contributed by atoms with E-state index < -0.39 is 0 Å². The summed E-state index contributed by atoms with van der Waals surface area (Å²) in [4.78, 5) is 15.7. The van der Waals surface area contributed by atoms with Crippen molar-refractivity contribution in [1.82, 2.24) is 19.9 Å². The van der Waals surface area contributed by atoms with Gasteiger partial charge in [-0.15, -0.1) is 0 Å². The van der Waals surface area contributed by atoms with Gasteiger partial charge in [-0.3, -0.25) is 4.98 Å². The predicted octanol–water partition coefficient (Wildman–Crippen LogP) is 2.34. The molecule has 0 saturated heterocycles. The quantitative estimate of drug-likeness (QED) is 0.494. The molecule has 3 heterocycles. The molecule has 0 aliphatic rings. The molecular weight excluding hydrogens is 264 g/mol. The smallest absolute Gasteiger partial charge is 0.222 e. The molecule has 0 unspecified atom stereocenters. The lowest BCUT2D eigenvalue weighted by Crippen LogP contribution is -2.01. The fraction of sp³-hybridized carbons (Fsp3) is 0. The van der Waals surface area contributed by atoms with Crippen LogP contribution in [0, 0.1) is 0 Å². The monoisotopic (exact) mass is 276 g/mol. The van der Waals surface area contributed by atoms with Crippen molar-refractivity contribution in [2.24, 2.45) is 0 Å². The Morgan fingerprint density at radius 2 is 1.81 bits per heavy atom.